The number of benzene rings is 2. The summed E-state index contributed by atoms with van der Waals surface area (Å²) in [6, 6.07) is 14.6. The van der Waals surface area contributed by atoms with Crippen LogP contribution in [0.25, 0.3) is 0 Å². The highest BCUT2D eigenvalue weighted by atomic mass is 32.2. The van der Waals surface area contributed by atoms with Crippen LogP contribution in [0.15, 0.2) is 53.4 Å². The van der Waals surface area contributed by atoms with Crippen LogP contribution in [0.4, 0.5) is 0 Å². The summed E-state index contributed by atoms with van der Waals surface area (Å²) in [5.41, 5.74) is 2.01. The molecule has 0 radical (unpaired) electrons. The first-order chi connectivity index (χ1) is 10.4. The van der Waals surface area contributed by atoms with Gasteiger partial charge in [-0.25, -0.2) is 12.7 Å². The third-order valence-corrected chi connectivity index (χ3v) is 5.43. The highest BCUT2D eigenvalue weighted by molar-refractivity contribution is 7.89. The Labute approximate surface area is 132 Å². The third-order valence-electron chi connectivity index (χ3n) is 3.57. The second-order valence-corrected chi connectivity index (χ2v) is 7.29. The predicted molar refractivity (Wildman–Crippen MR) is 87.7 cm³/mol. The summed E-state index contributed by atoms with van der Waals surface area (Å²) in [5.74, 6) is 0.796. The van der Waals surface area contributed by atoms with E-state index in [1.807, 2.05) is 37.3 Å². The zero-order valence-electron chi connectivity index (χ0n) is 13.1. The van der Waals surface area contributed by atoms with Gasteiger partial charge in [0.1, 0.15) is 5.75 Å². The van der Waals surface area contributed by atoms with Gasteiger partial charge in [0.2, 0.25) is 10.0 Å². The third kappa shape index (κ3) is 3.87. The molecule has 0 aliphatic carbocycles. The van der Waals surface area contributed by atoms with E-state index >= 15 is 0 Å². The molecule has 0 spiro atoms. The first kappa shape index (κ1) is 16.5. The van der Waals surface area contributed by atoms with E-state index in [1.165, 1.54) is 4.31 Å². The van der Waals surface area contributed by atoms with Gasteiger partial charge in [-0.05, 0) is 48.7 Å². The van der Waals surface area contributed by atoms with Gasteiger partial charge in [-0.3, -0.25) is 0 Å². The lowest BCUT2D eigenvalue weighted by molar-refractivity contribution is 0.414. The van der Waals surface area contributed by atoms with Crippen LogP contribution in [-0.2, 0) is 16.4 Å². The zero-order valence-corrected chi connectivity index (χ0v) is 13.9. The summed E-state index contributed by atoms with van der Waals surface area (Å²) in [5, 5.41) is 0. The molecule has 0 aliphatic heterocycles. The number of hydrogen-bond acceptors (Lipinski definition) is 3. The van der Waals surface area contributed by atoms with E-state index in [0.717, 1.165) is 16.9 Å². The van der Waals surface area contributed by atoms with Crippen molar-refractivity contribution < 1.29 is 13.2 Å². The first-order valence-corrected chi connectivity index (χ1v) is 8.53. The van der Waals surface area contributed by atoms with Crippen LogP contribution in [0.3, 0.4) is 0 Å². The van der Waals surface area contributed by atoms with Gasteiger partial charge < -0.3 is 4.74 Å². The molecule has 0 unspecified atom stereocenters. The fourth-order valence-electron chi connectivity index (χ4n) is 2.15. The second kappa shape index (κ2) is 6.94. The number of aryl methyl sites for hydroxylation is 1. The van der Waals surface area contributed by atoms with Crippen molar-refractivity contribution in [2.24, 2.45) is 0 Å². The van der Waals surface area contributed by atoms with E-state index in [2.05, 4.69) is 0 Å². The maximum absolute atomic E-state index is 12.5. The molecule has 0 amide bonds. The molecule has 118 valence electrons. The summed E-state index contributed by atoms with van der Waals surface area (Å²) in [4.78, 5) is 0.338. The minimum absolute atomic E-state index is 0.338. The van der Waals surface area contributed by atoms with Crippen LogP contribution in [-0.4, -0.2) is 33.4 Å². The van der Waals surface area contributed by atoms with Gasteiger partial charge in [0.05, 0.1) is 12.0 Å². The van der Waals surface area contributed by atoms with Gasteiger partial charge in [-0.2, -0.15) is 0 Å². The Morgan fingerprint density at radius 3 is 2.36 bits per heavy atom. The van der Waals surface area contributed by atoms with Crippen LogP contribution in [0.1, 0.15) is 11.1 Å². The minimum Gasteiger partial charge on any atom is -0.497 e. The van der Waals surface area contributed by atoms with Gasteiger partial charge in [0, 0.05) is 13.6 Å². The molecular formula is C17H21NO3S. The molecule has 0 saturated carbocycles. The molecule has 0 heterocycles. The topological polar surface area (TPSA) is 46.6 Å². The SMILES string of the molecule is COc1ccc(CCN(C)S(=O)(=O)c2cccc(C)c2)cc1. The lowest BCUT2D eigenvalue weighted by Crippen LogP contribution is -2.29. The van der Waals surface area contributed by atoms with Crippen molar-refractivity contribution in [1.82, 2.24) is 4.31 Å². The molecular weight excluding hydrogens is 298 g/mol. The van der Waals surface area contributed by atoms with Crippen LogP contribution in [0, 0.1) is 6.92 Å². The van der Waals surface area contributed by atoms with Crippen LogP contribution < -0.4 is 4.74 Å². The number of likely N-dealkylation sites (N-methyl/N-ethyl adjacent to an activating group) is 1. The molecule has 0 N–H and O–H groups in total. The summed E-state index contributed by atoms with van der Waals surface area (Å²) in [6.45, 7) is 2.32. The van der Waals surface area contributed by atoms with E-state index < -0.39 is 10.0 Å². The average Bonchev–Trinajstić information content (AvgIpc) is 2.53. The van der Waals surface area contributed by atoms with Gasteiger partial charge in [-0.1, -0.05) is 24.3 Å². The number of ether oxygens (including phenoxy) is 1. The smallest absolute Gasteiger partial charge is 0.242 e. The summed E-state index contributed by atoms with van der Waals surface area (Å²) in [6.07, 6.45) is 0.658. The number of rotatable bonds is 6. The fourth-order valence-corrected chi connectivity index (χ4v) is 3.43. The Hall–Kier alpha value is -1.85. The summed E-state index contributed by atoms with van der Waals surface area (Å²) < 4.78 is 31.5. The zero-order chi connectivity index (χ0) is 16.2. The standard InChI is InChI=1S/C17H21NO3S/c1-14-5-4-6-17(13-14)22(19,20)18(2)12-11-15-7-9-16(21-3)10-8-15/h4-10,13H,11-12H2,1-3H3. The molecule has 2 aromatic rings. The van der Waals surface area contributed by atoms with E-state index in [-0.39, 0.29) is 0 Å². The maximum atomic E-state index is 12.5. The highest BCUT2D eigenvalue weighted by Gasteiger charge is 2.20. The molecule has 4 nitrogen and oxygen atoms in total. The summed E-state index contributed by atoms with van der Waals surface area (Å²) >= 11 is 0. The Morgan fingerprint density at radius 1 is 1.09 bits per heavy atom. The molecule has 2 aromatic carbocycles. The molecule has 5 heteroatoms. The van der Waals surface area contributed by atoms with Gasteiger partial charge >= 0.3 is 0 Å². The molecule has 0 aliphatic rings. The molecule has 0 atom stereocenters. The van der Waals surface area contributed by atoms with Crippen molar-refractivity contribution in [2.45, 2.75) is 18.2 Å². The molecule has 0 saturated heterocycles. The van der Waals surface area contributed by atoms with Crippen LogP contribution >= 0.6 is 0 Å². The second-order valence-electron chi connectivity index (χ2n) is 5.24. The molecule has 2 rings (SSSR count). The number of sulfonamides is 1. The monoisotopic (exact) mass is 319 g/mol. The van der Waals surface area contributed by atoms with Gasteiger partial charge in [0.25, 0.3) is 0 Å². The highest BCUT2D eigenvalue weighted by Crippen LogP contribution is 2.17. The van der Waals surface area contributed by atoms with E-state index in [9.17, 15) is 8.42 Å². The largest absolute Gasteiger partial charge is 0.497 e. The predicted octanol–water partition coefficient (Wildman–Crippen LogP) is 2.87. The average molecular weight is 319 g/mol. The lowest BCUT2D eigenvalue weighted by atomic mass is 10.1. The number of hydrogen-bond donors (Lipinski definition) is 0. The van der Waals surface area contributed by atoms with Crippen molar-refractivity contribution in [2.75, 3.05) is 20.7 Å². The summed E-state index contributed by atoms with van der Waals surface area (Å²) in [7, 11) is -0.201. The van der Waals surface area contributed by atoms with Crippen molar-refractivity contribution in [1.29, 1.82) is 0 Å². The van der Waals surface area contributed by atoms with Crippen LogP contribution in [0.2, 0.25) is 0 Å². The molecule has 0 fully saturated rings. The van der Waals surface area contributed by atoms with Gasteiger partial charge in [-0.15, -0.1) is 0 Å². The Kier molecular flexibility index (Phi) is 5.21. The van der Waals surface area contributed by atoms with Crippen molar-refractivity contribution in [3.8, 4) is 5.75 Å². The number of methoxy groups -OCH3 is 1. The van der Waals surface area contributed by atoms with Crippen LogP contribution in [0.5, 0.6) is 5.75 Å². The minimum atomic E-state index is -3.44. The Morgan fingerprint density at radius 2 is 1.77 bits per heavy atom. The quantitative estimate of drug-likeness (QED) is 0.822. The maximum Gasteiger partial charge on any atom is 0.242 e. The van der Waals surface area contributed by atoms with Gasteiger partial charge in [0.15, 0.2) is 0 Å². The van der Waals surface area contributed by atoms with Crippen molar-refractivity contribution in [3.63, 3.8) is 0 Å². The first-order valence-electron chi connectivity index (χ1n) is 7.09. The Bertz CT molecular complexity index is 724. The van der Waals surface area contributed by atoms with Crippen molar-refractivity contribution in [3.05, 3.63) is 59.7 Å². The van der Waals surface area contributed by atoms with E-state index in [1.54, 1.807) is 32.4 Å². The normalized spacial score (nSPS) is 11.6. The van der Waals surface area contributed by atoms with E-state index in [0.29, 0.717) is 17.9 Å². The molecule has 22 heavy (non-hydrogen) atoms. The van der Waals surface area contributed by atoms with E-state index in [4.69, 9.17) is 4.74 Å². The number of nitrogens with zero attached hydrogens (tertiary/aromatic N) is 1. The Balaban J connectivity index is 2.05. The molecule has 0 aromatic heterocycles. The van der Waals surface area contributed by atoms with Crippen molar-refractivity contribution >= 4 is 10.0 Å². The molecule has 0 bridgehead atoms. The fraction of sp³-hybridized carbons (Fsp3) is 0.294. The lowest BCUT2D eigenvalue weighted by Gasteiger charge is -2.17.